The van der Waals surface area contributed by atoms with Crippen LogP contribution in [-0.2, 0) is 4.74 Å². The summed E-state index contributed by atoms with van der Waals surface area (Å²) in [6.45, 7) is 7.94. The topological polar surface area (TPSA) is 9.23 Å². The first-order valence-corrected chi connectivity index (χ1v) is 8.23. The zero-order valence-corrected chi connectivity index (χ0v) is 15.1. The lowest BCUT2D eigenvalue weighted by molar-refractivity contribution is -0.312. The van der Waals surface area contributed by atoms with Gasteiger partial charge in [0.05, 0.1) is 0 Å². The van der Waals surface area contributed by atoms with E-state index >= 15 is 0 Å². The van der Waals surface area contributed by atoms with Crippen LogP contribution in [0, 0.1) is 10.8 Å². The quantitative estimate of drug-likeness (QED) is 0.441. The average Bonchev–Trinajstić information content (AvgIpc) is 2.49. The van der Waals surface area contributed by atoms with Crippen LogP contribution in [-0.4, -0.2) is 12.4 Å². The third-order valence-electron chi connectivity index (χ3n) is 4.58. The molecule has 0 atom stereocenters. The van der Waals surface area contributed by atoms with Gasteiger partial charge in [0.1, 0.15) is 11.5 Å². The lowest BCUT2D eigenvalue weighted by Crippen LogP contribution is -2.54. The molecule has 0 radical (unpaired) electrons. The molecule has 0 unspecified atom stereocenters. The summed E-state index contributed by atoms with van der Waals surface area (Å²) < 4.78 is 90.5. The zero-order valence-electron chi connectivity index (χ0n) is 15.1. The van der Waals surface area contributed by atoms with Crippen LogP contribution in [0.3, 0.4) is 0 Å². The van der Waals surface area contributed by atoms with Crippen LogP contribution in [0.2, 0.25) is 0 Å². The normalized spacial score (nSPS) is 26.3. The van der Waals surface area contributed by atoms with E-state index in [1.165, 1.54) is 18.2 Å². The fraction of sp³-hybridized carbons (Fsp3) is 0.400. The molecular formula is C20H20F6O. The smallest absolute Gasteiger partial charge is 0.411 e. The van der Waals surface area contributed by atoms with E-state index in [-0.39, 0.29) is 0 Å². The maximum absolute atomic E-state index is 14.2. The molecule has 148 valence electrons. The minimum Gasteiger partial charge on any atom is -0.457 e. The van der Waals surface area contributed by atoms with Crippen molar-refractivity contribution in [1.29, 1.82) is 0 Å². The Morgan fingerprint density at radius 3 is 2.15 bits per heavy atom. The first-order valence-electron chi connectivity index (χ1n) is 8.23. The molecule has 27 heavy (non-hydrogen) atoms. The molecule has 0 amide bonds. The van der Waals surface area contributed by atoms with E-state index in [2.05, 4.69) is 6.58 Å². The van der Waals surface area contributed by atoms with Gasteiger partial charge in [-0.15, -0.1) is 0 Å². The Hall–Kier alpha value is -2.18. The number of hydrogen-bond acceptors (Lipinski definition) is 1. The third kappa shape index (κ3) is 3.39. The molecule has 7 heteroatoms. The minimum atomic E-state index is -5.64. The largest absolute Gasteiger partial charge is 0.457 e. The molecule has 0 fully saturated rings. The Bertz CT molecular complexity index is 755. The van der Waals surface area contributed by atoms with Gasteiger partial charge in [-0.05, 0) is 30.9 Å². The summed E-state index contributed by atoms with van der Waals surface area (Å²) >= 11 is 0. The summed E-state index contributed by atoms with van der Waals surface area (Å²) in [6, 6.07) is 0. The van der Waals surface area contributed by atoms with Crippen molar-refractivity contribution in [1.82, 2.24) is 0 Å². The van der Waals surface area contributed by atoms with Crippen LogP contribution in [0.5, 0.6) is 0 Å². The van der Waals surface area contributed by atoms with Crippen LogP contribution in [0.15, 0.2) is 71.8 Å². The molecule has 0 aromatic heterocycles. The molecular weight excluding hydrogens is 370 g/mol. The van der Waals surface area contributed by atoms with Gasteiger partial charge in [0.25, 0.3) is 0 Å². The van der Waals surface area contributed by atoms with Gasteiger partial charge < -0.3 is 4.74 Å². The van der Waals surface area contributed by atoms with E-state index in [9.17, 15) is 26.3 Å². The molecule has 0 N–H and O–H groups in total. The summed E-state index contributed by atoms with van der Waals surface area (Å²) in [5.74, 6) is -1.01. The predicted octanol–water partition coefficient (Wildman–Crippen LogP) is 6.94. The number of hydrogen-bond donors (Lipinski definition) is 0. The molecule has 0 aromatic carbocycles. The van der Waals surface area contributed by atoms with Gasteiger partial charge in [-0.25, -0.2) is 0 Å². The van der Waals surface area contributed by atoms with Gasteiger partial charge in [0.15, 0.2) is 0 Å². The molecule has 1 heterocycles. The van der Waals surface area contributed by atoms with E-state index in [1.54, 1.807) is 13.8 Å². The highest BCUT2D eigenvalue weighted by molar-refractivity contribution is 5.55. The van der Waals surface area contributed by atoms with Gasteiger partial charge in [-0.1, -0.05) is 50.8 Å². The van der Waals surface area contributed by atoms with Gasteiger partial charge in [0, 0.05) is 11.1 Å². The molecule has 0 saturated heterocycles. The highest BCUT2D eigenvalue weighted by Crippen LogP contribution is 2.64. The fourth-order valence-corrected chi connectivity index (χ4v) is 3.28. The third-order valence-corrected chi connectivity index (χ3v) is 4.58. The molecule has 2 rings (SSSR count). The highest BCUT2D eigenvalue weighted by atomic mass is 19.4. The van der Waals surface area contributed by atoms with E-state index in [0.29, 0.717) is 6.42 Å². The van der Waals surface area contributed by atoms with Crippen molar-refractivity contribution in [2.75, 3.05) is 0 Å². The Balaban J connectivity index is 3.02. The monoisotopic (exact) mass is 390 g/mol. The van der Waals surface area contributed by atoms with Crippen LogP contribution in [0.4, 0.5) is 26.3 Å². The molecule has 0 spiro atoms. The van der Waals surface area contributed by atoms with E-state index in [4.69, 9.17) is 4.74 Å². The van der Waals surface area contributed by atoms with Crippen molar-refractivity contribution in [3.8, 4) is 0 Å². The maximum Gasteiger partial charge on any atom is 0.411 e. The number of rotatable bonds is 1. The zero-order chi connectivity index (χ0) is 20.7. The van der Waals surface area contributed by atoms with Crippen LogP contribution < -0.4 is 0 Å². The summed E-state index contributed by atoms with van der Waals surface area (Å²) in [6.07, 6.45) is -3.01. The summed E-state index contributed by atoms with van der Waals surface area (Å²) in [5, 5.41) is 0. The van der Waals surface area contributed by atoms with E-state index in [0.717, 1.165) is 31.2 Å². The standard InChI is InChI=1S/C20H20F6O/c1-5-8-15-13(6-2)18(19(21,22)23,20(24,25)26)14-10-12-17(3,4)11-7-9-16(14)27-15/h5-10,12H,1,11H2,2-4H3/b9-7?,12-10-,13-6+,15-8+. The van der Waals surface area contributed by atoms with E-state index in [1.807, 2.05) is 0 Å². The van der Waals surface area contributed by atoms with Gasteiger partial charge in [0.2, 0.25) is 5.41 Å². The first-order chi connectivity index (χ1) is 12.3. The average molecular weight is 390 g/mol. The second-order valence-corrected chi connectivity index (χ2v) is 7.02. The van der Waals surface area contributed by atoms with Crippen LogP contribution in [0.1, 0.15) is 27.2 Å². The van der Waals surface area contributed by atoms with Crippen molar-refractivity contribution in [3.05, 3.63) is 71.8 Å². The molecule has 0 aromatic rings. The Kier molecular flexibility index (Phi) is 5.29. The van der Waals surface area contributed by atoms with Crippen LogP contribution >= 0.6 is 0 Å². The maximum atomic E-state index is 14.2. The summed E-state index contributed by atoms with van der Waals surface area (Å²) in [5.41, 5.74) is -6.78. The van der Waals surface area contributed by atoms with Gasteiger partial charge in [-0.3, -0.25) is 0 Å². The van der Waals surface area contributed by atoms with Crippen molar-refractivity contribution in [2.45, 2.75) is 39.5 Å². The predicted molar refractivity (Wildman–Crippen MR) is 91.4 cm³/mol. The van der Waals surface area contributed by atoms with Crippen molar-refractivity contribution in [2.24, 2.45) is 10.8 Å². The first kappa shape index (κ1) is 21.1. The number of alkyl halides is 6. The van der Waals surface area contributed by atoms with Gasteiger partial charge >= 0.3 is 12.4 Å². The lowest BCUT2D eigenvalue weighted by atomic mass is 9.68. The minimum absolute atomic E-state index is 0.436. The number of ether oxygens (including phenoxy) is 1. The lowest BCUT2D eigenvalue weighted by Gasteiger charge is -2.44. The molecule has 1 aliphatic heterocycles. The molecule has 0 bridgehead atoms. The molecule has 1 nitrogen and oxygen atoms in total. The Labute approximate surface area is 154 Å². The van der Waals surface area contributed by atoms with E-state index < -0.39 is 45.8 Å². The Morgan fingerprint density at radius 2 is 1.67 bits per heavy atom. The van der Waals surface area contributed by atoms with Gasteiger partial charge in [-0.2, -0.15) is 26.3 Å². The molecule has 0 saturated carbocycles. The fourth-order valence-electron chi connectivity index (χ4n) is 3.28. The highest BCUT2D eigenvalue weighted by Gasteiger charge is 2.76. The summed E-state index contributed by atoms with van der Waals surface area (Å²) in [4.78, 5) is 0. The number of halogens is 6. The van der Waals surface area contributed by atoms with Crippen molar-refractivity contribution in [3.63, 3.8) is 0 Å². The van der Waals surface area contributed by atoms with Crippen LogP contribution in [0.25, 0.3) is 0 Å². The number of allylic oxidation sites excluding steroid dienone is 9. The second kappa shape index (κ2) is 6.77. The SMILES string of the molecule is C=C/C=C1/OC2=C(/C=C\C(C)(C)CC=C2)C(C(F)(F)F)(C(F)(F)F)/C1=C/C. The van der Waals surface area contributed by atoms with Crippen molar-refractivity contribution < 1.29 is 31.1 Å². The molecule has 2 aliphatic rings. The summed E-state index contributed by atoms with van der Waals surface area (Å²) in [7, 11) is 0. The second-order valence-electron chi connectivity index (χ2n) is 7.02. The Morgan fingerprint density at radius 1 is 1.07 bits per heavy atom. The van der Waals surface area contributed by atoms with Crippen molar-refractivity contribution >= 4 is 0 Å². The molecule has 1 aliphatic carbocycles.